The van der Waals surface area contributed by atoms with Crippen molar-refractivity contribution in [2.45, 2.75) is 75.0 Å². The number of carbonyl (C=O) groups is 2. The summed E-state index contributed by atoms with van der Waals surface area (Å²) in [6.45, 7) is 4.09. The average Bonchev–Trinajstić information content (AvgIpc) is 3.39. The minimum Gasteiger partial charge on any atom is -0.452 e. The fraction of sp³-hybridized carbons (Fsp3) is 0.636. The SMILES string of the molecule is COC(=O)N1c2ccccc2[C@@]2([C@H]3OC4(CCCC4)OC3(C)C)CC(=O)N(C)[C@@H]12. The first-order chi connectivity index (χ1) is 13.8. The summed E-state index contributed by atoms with van der Waals surface area (Å²) in [6.07, 6.45) is 2.78. The lowest BCUT2D eigenvalue weighted by Crippen LogP contribution is -2.59. The van der Waals surface area contributed by atoms with Crippen LogP contribution < -0.4 is 4.90 Å². The normalized spacial score (nSPS) is 34.0. The Morgan fingerprint density at radius 2 is 1.90 bits per heavy atom. The van der Waals surface area contributed by atoms with Crippen LogP contribution in [0.1, 0.15) is 51.5 Å². The number of likely N-dealkylation sites (tertiary alicyclic amines) is 1. The van der Waals surface area contributed by atoms with Gasteiger partial charge in [0, 0.05) is 26.3 Å². The van der Waals surface area contributed by atoms with Crippen LogP contribution in [0.25, 0.3) is 0 Å². The Morgan fingerprint density at radius 1 is 1.21 bits per heavy atom. The van der Waals surface area contributed by atoms with E-state index < -0.39 is 29.1 Å². The standard InChI is InChI=1S/C22H28N2O5/c1-20(2)17(28-21(29-20)11-7-8-12-21)22-13-16(25)23(3)18(22)24(19(26)27-4)15-10-6-5-9-14(15)22/h5-6,9-10,17-18H,7-8,11-13H2,1-4H3/t17-,18-,22+/m0/s1. The van der Waals surface area contributed by atoms with Crippen LogP contribution in [0.15, 0.2) is 24.3 Å². The molecule has 3 heterocycles. The fourth-order valence-corrected chi connectivity index (χ4v) is 6.23. The van der Waals surface area contributed by atoms with Gasteiger partial charge in [-0.2, -0.15) is 0 Å². The van der Waals surface area contributed by atoms with Gasteiger partial charge in [-0.25, -0.2) is 4.79 Å². The number of para-hydroxylation sites is 1. The van der Waals surface area contributed by atoms with E-state index in [1.54, 1.807) is 16.8 Å². The minimum atomic E-state index is -0.716. The molecule has 0 unspecified atom stereocenters. The zero-order valence-corrected chi connectivity index (χ0v) is 17.4. The lowest BCUT2D eigenvalue weighted by atomic mass is 9.69. The molecule has 0 bridgehead atoms. The average molecular weight is 400 g/mol. The maximum atomic E-state index is 13.0. The molecule has 3 fully saturated rings. The third-order valence-corrected chi connectivity index (χ3v) is 7.19. The molecule has 3 aliphatic heterocycles. The monoisotopic (exact) mass is 400 g/mol. The number of anilines is 1. The van der Waals surface area contributed by atoms with E-state index in [-0.39, 0.29) is 18.4 Å². The van der Waals surface area contributed by atoms with Gasteiger partial charge in [0.15, 0.2) is 5.79 Å². The Labute approximate surface area is 170 Å². The molecule has 4 aliphatic rings. The van der Waals surface area contributed by atoms with Crippen molar-refractivity contribution in [1.29, 1.82) is 0 Å². The second kappa shape index (κ2) is 5.95. The predicted molar refractivity (Wildman–Crippen MR) is 105 cm³/mol. The van der Waals surface area contributed by atoms with Crippen LogP contribution in [0.2, 0.25) is 0 Å². The summed E-state index contributed by atoms with van der Waals surface area (Å²) in [4.78, 5) is 29.1. The first-order valence-corrected chi connectivity index (χ1v) is 10.4. The van der Waals surface area contributed by atoms with Gasteiger partial charge < -0.3 is 19.1 Å². The molecular formula is C22H28N2O5. The highest BCUT2D eigenvalue weighted by Crippen LogP contribution is 2.61. The highest BCUT2D eigenvalue weighted by atomic mass is 16.8. The Hall–Kier alpha value is -2.12. The van der Waals surface area contributed by atoms with Crippen LogP contribution in [-0.2, 0) is 24.4 Å². The van der Waals surface area contributed by atoms with E-state index in [0.29, 0.717) is 0 Å². The van der Waals surface area contributed by atoms with E-state index in [9.17, 15) is 9.59 Å². The molecular weight excluding hydrogens is 372 g/mol. The Morgan fingerprint density at radius 3 is 2.59 bits per heavy atom. The van der Waals surface area contributed by atoms with Crippen LogP contribution in [0, 0.1) is 0 Å². The van der Waals surface area contributed by atoms with Crippen LogP contribution in [-0.4, -0.2) is 54.7 Å². The van der Waals surface area contributed by atoms with Crippen LogP contribution in [0.5, 0.6) is 0 Å². The molecule has 0 aromatic heterocycles. The van der Waals surface area contributed by atoms with Gasteiger partial charge in [-0.05, 0) is 38.3 Å². The molecule has 0 N–H and O–H groups in total. The fourth-order valence-electron chi connectivity index (χ4n) is 6.23. The number of carbonyl (C=O) groups excluding carboxylic acids is 2. The van der Waals surface area contributed by atoms with E-state index in [0.717, 1.165) is 36.9 Å². The summed E-state index contributed by atoms with van der Waals surface area (Å²) in [5.74, 6) is -0.601. The molecule has 0 radical (unpaired) electrons. The van der Waals surface area contributed by atoms with Gasteiger partial charge >= 0.3 is 6.09 Å². The highest BCUT2D eigenvalue weighted by Gasteiger charge is 2.71. The van der Waals surface area contributed by atoms with Gasteiger partial charge in [0.1, 0.15) is 12.3 Å². The molecule has 2 saturated heterocycles. The zero-order chi connectivity index (χ0) is 20.6. The van der Waals surface area contributed by atoms with Gasteiger partial charge in [0.2, 0.25) is 5.91 Å². The molecule has 1 aliphatic carbocycles. The number of fused-ring (bicyclic) bond motifs is 3. The molecule has 3 atom stereocenters. The summed E-state index contributed by atoms with van der Waals surface area (Å²) in [6, 6.07) is 7.78. The largest absolute Gasteiger partial charge is 0.452 e. The summed E-state index contributed by atoms with van der Waals surface area (Å²) in [5, 5.41) is 0. The smallest absolute Gasteiger partial charge is 0.415 e. The number of ether oxygens (including phenoxy) is 3. The highest BCUT2D eigenvalue weighted by molar-refractivity contribution is 5.97. The molecule has 2 amide bonds. The van der Waals surface area contributed by atoms with E-state index in [1.807, 2.05) is 38.1 Å². The lowest BCUT2D eigenvalue weighted by Gasteiger charge is -2.41. The molecule has 1 spiro atoms. The molecule has 5 rings (SSSR count). The van der Waals surface area contributed by atoms with Gasteiger partial charge in [-0.3, -0.25) is 9.69 Å². The summed E-state index contributed by atoms with van der Waals surface area (Å²) in [5.41, 5.74) is 0.403. The Balaban J connectivity index is 1.71. The van der Waals surface area contributed by atoms with Crippen LogP contribution in [0.4, 0.5) is 10.5 Å². The van der Waals surface area contributed by atoms with Gasteiger partial charge in [-0.15, -0.1) is 0 Å². The predicted octanol–water partition coefficient (Wildman–Crippen LogP) is 3.16. The quantitative estimate of drug-likeness (QED) is 0.724. The first kappa shape index (κ1) is 18.9. The van der Waals surface area contributed by atoms with Gasteiger partial charge in [0.05, 0.1) is 23.8 Å². The first-order valence-electron chi connectivity index (χ1n) is 10.4. The Kier molecular flexibility index (Phi) is 3.87. The number of nitrogens with zero attached hydrogens (tertiary/aromatic N) is 2. The van der Waals surface area contributed by atoms with E-state index in [2.05, 4.69) is 0 Å². The van der Waals surface area contributed by atoms with Crippen molar-refractivity contribution >= 4 is 17.7 Å². The molecule has 1 aromatic rings. The minimum absolute atomic E-state index is 0.00909. The second-order valence-corrected chi connectivity index (χ2v) is 9.27. The Bertz CT molecular complexity index is 878. The third kappa shape index (κ3) is 2.31. The number of hydrogen-bond acceptors (Lipinski definition) is 5. The summed E-state index contributed by atoms with van der Waals surface area (Å²) in [7, 11) is 3.12. The maximum Gasteiger partial charge on any atom is 0.415 e. The van der Waals surface area contributed by atoms with E-state index in [4.69, 9.17) is 14.2 Å². The van der Waals surface area contributed by atoms with Crippen LogP contribution in [0.3, 0.4) is 0 Å². The van der Waals surface area contributed by atoms with Crippen molar-refractivity contribution in [3.05, 3.63) is 29.8 Å². The van der Waals surface area contributed by atoms with Crippen molar-refractivity contribution in [3.8, 4) is 0 Å². The zero-order valence-electron chi connectivity index (χ0n) is 17.4. The summed E-state index contributed by atoms with van der Waals surface area (Å²) < 4.78 is 18.4. The number of rotatable bonds is 1. The number of likely N-dealkylation sites (N-methyl/N-ethyl adjacent to an activating group) is 1. The second-order valence-electron chi connectivity index (χ2n) is 9.27. The molecule has 7 heteroatoms. The molecule has 1 aromatic carbocycles. The summed E-state index contributed by atoms with van der Waals surface area (Å²) >= 11 is 0. The molecule has 1 saturated carbocycles. The third-order valence-electron chi connectivity index (χ3n) is 7.19. The van der Waals surface area contributed by atoms with Crippen molar-refractivity contribution < 1.29 is 23.8 Å². The maximum absolute atomic E-state index is 13.0. The molecule has 7 nitrogen and oxygen atoms in total. The van der Waals surface area contributed by atoms with E-state index in [1.165, 1.54) is 7.11 Å². The molecule has 156 valence electrons. The lowest BCUT2D eigenvalue weighted by molar-refractivity contribution is -0.182. The number of hydrogen-bond donors (Lipinski definition) is 0. The molecule has 29 heavy (non-hydrogen) atoms. The number of methoxy groups -OCH3 is 1. The number of amides is 2. The van der Waals surface area contributed by atoms with Gasteiger partial charge in [-0.1, -0.05) is 18.2 Å². The van der Waals surface area contributed by atoms with Crippen LogP contribution >= 0.6 is 0 Å². The number of benzene rings is 1. The van der Waals surface area contributed by atoms with Crippen molar-refractivity contribution in [3.63, 3.8) is 0 Å². The van der Waals surface area contributed by atoms with E-state index >= 15 is 0 Å². The van der Waals surface area contributed by atoms with Gasteiger partial charge in [0.25, 0.3) is 0 Å². The topological polar surface area (TPSA) is 68.3 Å². The van der Waals surface area contributed by atoms with Crippen molar-refractivity contribution in [2.75, 3.05) is 19.1 Å². The van der Waals surface area contributed by atoms with Crippen molar-refractivity contribution in [2.24, 2.45) is 0 Å². The van der Waals surface area contributed by atoms with Crippen molar-refractivity contribution in [1.82, 2.24) is 4.90 Å².